The summed E-state index contributed by atoms with van der Waals surface area (Å²) in [4.78, 5) is 27.5. The molecule has 182 valence electrons. The van der Waals surface area contributed by atoms with Crippen LogP contribution < -0.4 is 15.4 Å². The highest BCUT2D eigenvalue weighted by molar-refractivity contribution is 6.06. The average molecular weight is 476 g/mol. The van der Waals surface area contributed by atoms with E-state index in [1.54, 1.807) is 48.5 Å². The molecular weight excluding hydrogens is 446 g/mol. The monoisotopic (exact) mass is 475 g/mol. The number of nitrogens with two attached hydrogens (primary N) is 1. The predicted octanol–water partition coefficient (Wildman–Crippen LogP) is 4.15. The number of allylic oxidation sites excluding steroid dienone is 1. The van der Waals surface area contributed by atoms with Crippen LogP contribution in [0.2, 0.25) is 0 Å². The first-order chi connectivity index (χ1) is 17.0. The van der Waals surface area contributed by atoms with Gasteiger partial charge < -0.3 is 19.9 Å². The highest BCUT2D eigenvalue weighted by Crippen LogP contribution is 2.43. The number of hydrogen-bond acceptors (Lipinski definition) is 8. The molecular formula is C27H29N3O5. The van der Waals surface area contributed by atoms with Gasteiger partial charge in [0.15, 0.2) is 0 Å². The summed E-state index contributed by atoms with van der Waals surface area (Å²) >= 11 is 0. The first kappa shape index (κ1) is 25.4. The van der Waals surface area contributed by atoms with Crippen molar-refractivity contribution < 1.29 is 23.8 Å². The lowest BCUT2D eigenvalue weighted by Gasteiger charge is -2.35. The Morgan fingerprint density at radius 1 is 1.00 bits per heavy atom. The minimum absolute atomic E-state index is 0.0195. The Morgan fingerprint density at radius 2 is 1.66 bits per heavy atom. The zero-order chi connectivity index (χ0) is 25.4. The van der Waals surface area contributed by atoms with Crippen LogP contribution in [-0.4, -0.2) is 32.8 Å². The van der Waals surface area contributed by atoms with Gasteiger partial charge in [0.2, 0.25) is 0 Å². The summed E-state index contributed by atoms with van der Waals surface area (Å²) < 4.78 is 15.8. The van der Waals surface area contributed by atoms with Crippen LogP contribution in [0.5, 0.6) is 5.75 Å². The molecule has 1 atom stereocenters. The van der Waals surface area contributed by atoms with Crippen LogP contribution in [0.1, 0.15) is 37.7 Å². The second kappa shape index (κ2) is 11.7. The zero-order valence-corrected chi connectivity index (χ0v) is 20.1. The molecule has 8 nitrogen and oxygen atoms in total. The lowest BCUT2D eigenvalue weighted by atomic mass is 9.81. The number of ether oxygens (including phenoxy) is 3. The molecule has 2 aromatic rings. The Morgan fingerprint density at radius 3 is 2.23 bits per heavy atom. The van der Waals surface area contributed by atoms with Crippen molar-refractivity contribution in [1.29, 1.82) is 5.26 Å². The molecule has 1 aliphatic heterocycles. The number of carbonyl (C=O) groups is 2. The Kier molecular flexibility index (Phi) is 8.52. The van der Waals surface area contributed by atoms with E-state index in [4.69, 9.17) is 19.9 Å². The van der Waals surface area contributed by atoms with Crippen molar-refractivity contribution in [3.05, 3.63) is 82.8 Å². The summed E-state index contributed by atoms with van der Waals surface area (Å²) in [6.45, 7) is 2.72. The van der Waals surface area contributed by atoms with Crippen molar-refractivity contribution in [3.8, 4) is 11.8 Å². The molecule has 1 unspecified atom stereocenters. The van der Waals surface area contributed by atoms with E-state index in [0.717, 1.165) is 19.3 Å². The van der Waals surface area contributed by atoms with Gasteiger partial charge in [-0.2, -0.15) is 5.26 Å². The van der Waals surface area contributed by atoms with Crippen LogP contribution >= 0.6 is 0 Å². The summed E-state index contributed by atoms with van der Waals surface area (Å²) in [6, 6.07) is 17.9. The summed E-state index contributed by atoms with van der Waals surface area (Å²) in [7, 11) is 2.43. The Balaban J connectivity index is 2.16. The Hall–Kier alpha value is -4.25. The Labute approximate surface area is 205 Å². The molecule has 0 spiro atoms. The summed E-state index contributed by atoms with van der Waals surface area (Å²) in [5, 5.41) is 10.1. The van der Waals surface area contributed by atoms with E-state index < -0.39 is 17.9 Å². The third kappa shape index (κ3) is 5.30. The maximum Gasteiger partial charge on any atom is 0.355 e. The van der Waals surface area contributed by atoms with Gasteiger partial charge in [0.25, 0.3) is 0 Å². The molecule has 0 amide bonds. The first-order valence-electron chi connectivity index (χ1n) is 11.4. The quantitative estimate of drug-likeness (QED) is 0.425. The fourth-order valence-electron chi connectivity index (χ4n) is 4.02. The fourth-order valence-corrected chi connectivity index (χ4v) is 4.02. The number of methoxy groups -OCH3 is 2. The predicted molar refractivity (Wildman–Crippen MR) is 131 cm³/mol. The van der Waals surface area contributed by atoms with Gasteiger partial charge in [0.1, 0.15) is 17.3 Å². The second-order valence-electron chi connectivity index (χ2n) is 7.88. The fraction of sp³-hybridized carbons (Fsp3) is 0.296. The van der Waals surface area contributed by atoms with Crippen molar-refractivity contribution >= 4 is 17.6 Å². The number of esters is 2. The number of benzene rings is 2. The van der Waals surface area contributed by atoms with Gasteiger partial charge in [-0.3, -0.25) is 4.90 Å². The van der Waals surface area contributed by atoms with Crippen LogP contribution in [0.4, 0.5) is 5.69 Å². The molecule has 2 N–H and O–H groups in total. The smallest absolute Gasteiger partial charge is 0.355 e. The molecule has 8 heteroatoms. The normalized spacial score (nSPS) is 15.5. The van der Waals surface area contributed by atoms with Gasteiger partial charge in [0.05, 0.1) is 44.0 Å². The molecule has 0 aromatic heterocycles. The van der Waals surface area contributed by atoms with Gasteiger partial charge in [-0.25, -0.2) is 9.59 Å². The number of carbonyl (C=O) groups excluding carboxylic acids is 2. The van der Waals surface area contributed by atoms with Gasteiger partial charge in [-0.1, -0.05) is 50.1 Å². The Bertz CT molecular complexity index is 1160. The highest BCUT2D eigenvalue weighted by Gasteiger charge is 2.42. The van der Waals surface area contributed by atoms with E-state index in [-0.39, 0.29) is 22.7 Å². The van der Waals surface area contributed by atoms with Crippen LogP contribution in [0.15, 0.2) is 77.3 Å². The minimum atomic E-state index is -0.903. The number of anilines is 1. The lowest BCUT2D eigenvalue weighted by Crippen LogP contribution is -2.40. The molecule has 0 saturated carbocycles. The van der Waals surface area contributed by atoms with E-state index in [1.807, 2.05) is 6.07 Å². The number of rotatable bonds is 9. The summed E-state index contributed by atoms with van der Waals surface area (Å²) in [6.07, 6.45) is 3.12. The van der Waals surface area contributed by atoms with Crippen molar-refractivity contribution in [2.24, 2.45) is 5.73 Å². The maximum atomic E-state index is 13.1. The van der Waals surface area contributed by atoms with Crippen LogP contribution in [0.25, 0.3) is 0 Å². The molecule has 1 aliphatic rings. The van der Waals surface area contributed by atoms with E-state index in [9.17, 15) is 14.9 Å². The second-order valence-corrected chi connectivity index (χ2v) is 7.88. The van der Waals surface area contributed by atoms with Gasteiger partial charge in [-0.15, -0.1) is 0 Å². The summed E-state index contributed by atoms with van der Waals surface area (Å²) in [5.41, 5.74) is 7.54. The number of hydrogen-bond donors (Lipinski definition) is 1. The molecule has 1 heterocycles. The highest BCUT2D eigenvalue weighted by atomic mass is 16.5. The van der Waals surface area contributed by atoms with Crippen molar-refractivity contribution in [3.63, 3.8) is 0 Å². The van der Waals surface area contributed by atoms with E-state index >= 15 is 0 Å². The van der Waals surface area contributed by atoms with Gasteiger partial charge >= 0.3 is 11.9 Å². The van der Waals surface area contributed by atoms with Crippen LogP contribution in [-0.2, 0) is 19.1 Å². The van der Waals surface area contributed by atoms with Crippen LogP contribution in [0.3, 0.4) is 0 Å². The molecule has 0 bridgehead atoms. The minimum Gasteiger partial charge on any atom is -0.494 e. The largest absolute Gasteiger partial charge is 0.494 e. The van der Waals surface area contributed by atoms with Crippen molar-refractivity contribution in [2.45, 2.75) is 32.1 Å². The summed E-state index contributed by atoms with van der Waals surface area (Å²) in [5.74, 6) is -1.78. The van der Waals surface area contributed by atoms with Crippen molar-refractivity contribution in [2.75, 3.05) is 25.7 Å². The molecule has 0 saturated heterocycles. The molecule has 2 aromatic carbocycles. The number of nitriles is 1. The van der Waals surface area contributed by atoms with Gasteiger partial charge in [-0.05, 0) is 36.2 Å². The number of nitrogens with zero attached hydrogens (tertiary/aromatic N) is 2. The van der Waals surface area contributed by atoms with Crippen LogP contribution in [0, 0.1) is 11.3 Å². The molecule has 0 radical (unpaired) electrons. The first-order valence-corrected chi connectivity index (χ1v) is 11.4. The SMILES string of the molecule is CCCCCOc1ccc(N2C(N)=C(C#N)C(c3ccccc3)C(C(=O)OC)=C2C(=O)OC)cc1. The zero-order valence-electron chi connectivity index (χ0n) is 20.1. The maximum absolute atomic E-state index is 13.1. The third-order valence-corrected chi connectivity index (χ3v) is 5.72. The van der Waals surface area contributed by atoms with E-state index in [0.29, 0.717) is 23.6 Å². The molecule has 0 aliphatic carbocycles. The van der Waals surface area contributed by atoms with Crippen molar-refractivity contribution in [1.82, 2.24) is 0 Å². The molecule has 35 heavy (non-hydrogen) atoms. The van der Waals surface area contributed by atoms with E-state index in [1.165, 1.54) is 19.1 Å². The standard InChI is InChI=1S/C27H29N3O5/c1-4-5-9-16-35-20-14-12-19(13-15-20)30-24(27(32)34-3)23(26(31)33-2)22(21(17-28)25(30)29)18-10-7-6-8-11-18/h6-8,10-15,22H,4-5,9,16,29H2,1-3H3. The average Bonchev–Trinajstić information content (AvgIpc) is 2.90. The van der Waals surface area contributed by atoms with E-state index in [2.05, 4.69) is 13.0 Å². The number of unbranched alkanes of at least 4 members (excludes halogenated alkanes) is 2. The third-order valence-electron chi connectivity index (χ3n) is 5.72. The lowest BCUT2D eigenvalue weighted by molar-refractivity contribution is -0.139. The topological polar surface area (TPSA) is 115 Å². The van der Waals surface area contributed by atoms with Gasteiger partial charge in [0, 0.05) is 5.69 Å². The molecule has 3 rings (SSSR count). The molecule has 0 fully saturated rings.